The number of unbranched alkanes of at least 4 members (excludes halogenated alkanes) is 4. The Morgan fingerprint density at radius 3 is 1.91 bits per heavy atom. The molecule has 0 N–H and O–H groups in total. The van der Waals surface area contributed by atoms with Crippen LogP contribution < -0.4 is 0 Å². The fourth-order valence-corrected chi connectivity index (χ4v) is 4.22. The molecule has 1 saturated heterocycles. The maximum Gasteiger partial charge on any atom is 0.487 e. The number of carbonyl (C=O) groups is 2. The van der Waals surface area contributed by atoms with Crippen molar-refractivity contribution in [2.24, 2.45) is 0 Å². The molecule has 35 heavy (non-hydrogen) atoms. The van der Waals surface area contributed by atoms with E-state index in [4.69, 9.17) is 14.0 Å². The minimum Gasteiger partial charge on any atom is -0.466 e. The maximum absolute atomic E-state index is 11.5. The van der Waals surface area contributed by atoms with Gasteiger partial charge in [-0.1, -0.05) is 43.1 Å². The zero-order valence-electron chi connectivity index (χ0n) is 22.8. The number of carbonyl (C=O) groups excluding carboxylic acids is 2. The van der Waals surface area contributed by atoms with E-state index in [1.807, 2.05) is 12.9 Å². The van der Waals surface area contributed by atoms with Gasteiger partial charge in [0.2, 0.25) is 0 Å². The number of hydrogen-bond acceptors (Lipinski definition) is 5. The predicted octanol–water partition coefficient (Wildman–Crippen LogP) is 6.69. The molecule has 1 heterocycles. The van der Waals surface area contributed by atoms with Gasteiger partial charge in [0.15, 0.2) is 0 Å². The van der Waals surface area contributed by atoms with Gasteiger partial charge in [0.1, 0.15) is 5.78 Å². The minimum atomic E-state index is -0.360. The highest BCUT2D eigenvalue weighted by molar-refractivity contribution is 6.52. The maximum atomic E-state index is 11.5. The first-order chi connectivity index (χ1) is 16.5. The van der Waals surface area contributed by atoms with Crippen molar-refractivity contribution in [2.45, 2.75) is 117 Å². The molecule has 0 aromatic heterocycles. The molecule has 2 rings (SSSR count). The Balaban J connectivity index is 2.00. The van der Waals surface area contributed by atoms with Gasteiger partial charge in [0.25, 0.3) is 0 Å². The van der Waals surface area contributed by atoms with E-state index < -0.39 is 0 Å². The first kappa shape index (κ1) is 29.3. The largest absolute Gasteiger partial charge is 0.487 e. The van der Waals surface area contributed by atoms with E-state index >= 15 is 0 Å². The number of benzene rings is 1. The van der Waals surface area contributed by atoms with Crippen molar-refractivity contribution >= 4 is 24.9 Å². The summed E-state index contributed by atoms with van der Waals surface area (Å²) in [5, 5.41) is 0. The van der Waals surface area contributed by atoms with Crippen LogP contribution >= 0.6 is 0 Å². The van der Waals surface area contributed by atoms with Crippen molar-refractivity contribution in [3.05, 3.63) is 40.9 Å². The third-order valence-electron chi connectivity index (χ3n) is 6.94. The topological polar surface area (TPSA) is 61.8 Å². The molecule has 1 aliphatic rings. The van der Waals surface area contributed by atoms with Gasteiger partial charge in [-0.25, -0.2) is 0 Å². The van der Waals surface area contributed by atoms with Crippen LogP contribution in [0.25, 0.3) is 6.08 Å². The Hall–Kier alpha value is -1.92. The molecule has 5 nitrogen and oxygen atoms in total. The van der Waals surface area contributed by atoms with Crippen molar-refractivity contribution in [3.8, 4) is 0 Å². The van der Waals surface area contributed by atoms with Gasteiger partial charge in [-0.05, 0) is 96.8 Å². The lowest BCUT2D eigenvalue weighted by molar-refractivity contribution is -0.143. The van der Waals surface area contributed by atoms with Gasteiger partial charge in [-0.15, -0.1) is 0 Å². The summed E-state index contributed by atoms with van der Waals surface area (Å²) in [6.07, 6.45) is 11.3. The molecule has 0 spiro atoms. The van der Waals surface area contributed by atoms with Crippen LogP contribution in [0.15, 0.2) is 24.2 Å². The lowest BCUT2D eigenvalue weighted by atomic mass is 9.88. The smallest absolute Gasteiger partial charge is 0.466 e. The van der Waals surface area contributed by atoms with Crippen LogP contribution in [0, 0.1) is 0 Å². The zero-order valence-corrected chi connectivity index (χ0v) is 22.8. The second kappa shape index (κ2) is 14.0. The van der Waals surface area contributed by atoms with Crippen molar-refractivity contribution in [1.29, 1.82) is 0 Å². The highest BCUT2D eigenvalue weighted by Crippen LogP contribution is 2.37. The summed E-state index contributed by atoms with van der Waals surface area (Å²) in [5.74, 6) is 2.17. The third-order valence-corrected chi connectivity index (χ3v) is 6.94. The van der Waals surface area contributed by atoms with E-state index in [1.165, 1.54) is 11.1 Å². The van der Waals surface area contributed by atoms with E-state index in [2.05, 4.69) is 52.0 Å². The van der Waals surface area contributed by atoms with Crippen molar-refractivity contribution in [2.75, 3.05) is 6.61 Å². The predicted molar refractivity (Wildman–Crippen MR) is 143 cm³/mol. The summed E-state index contributed by atoms with van der Waals surface area (Å²) in [6.45, 7) is 12.2. The van der Waals surface area contributed by atoms with Gasteiger partial charge < -0.3 is 18.8 Å². The SMILES string of the molecule is CCOC(=O)CCCCCc1cc(/C=C/B2OC(C)(C)C(C)(C)O2)cc(CCCCCC(C)=O)c1. The summed E-state index contributed by atoms with van der Waals surface area (Å²) in [7, 11) is -0.360. The van der Waals surface area contributed by atoms with E-state index in [1.54, 1.807) is 6.92 Å². The van der Waals surface area contributed by atoms with Crippen molar-refractivity contribution in [3.63, 3.8) is 0 Å². The van der Waals surface area contributed by atoms with Crippen LogP contribution in [0.4, 0.5) is 0 Å². The summed E-state index contributed by atoms with van der Waals surface area (Å²) >= 11 is 0. The molecule has 1 fully saturated rings. The van der Waals surface area contributed by atoms with Gasteiger partial charge >= 0.3 is 13.1 Å². The average molecular weight is 484 g/mol. The molecule has 0 radical (unpaired) electrons. The lowest BCUT2D eigenvalue weighted by Gasteiger charge is -2.32. The summed E-state index contributed by atoms with van der Waals surface area (Å²) in [4.78, 5) is 22.7. The molecule has 0 atom stereocenters. The number of Topliss-reactive ketones (excluding diaryl/α,β-unsaturated/α-hetero) is 1. The fourth-order valence-electron chi connectivity index (χ4n) is 4.22. The molecule has 1 aromatic carbocycles. The van der Waals surface area contributed by atoms with Crippen LogP contribution in [0.1, 0.15) is 110 Å². The Labute approximate surface area is 213 Å². The first-order valence-electron chi connectivity index (χ1n) is 13.3. The molecular weight excluding hydrogens is 439 g/mol. The molecule has 0 bridgehead atoms. The average Bonchev–Trinajstić information content (AvgIpc) is 2.98. The minimum absolute atomic E-state index is 0.102. The molecule has 6 heteroatoms. The molecule has 0 unspecified atom stereocenters. The number of ether oxygens (including phenoxy) is 1. The number of esters is 1. The number of rotatable bonds is 15. The number of hydrogen-bond donors (Lipinski definition) is 0. The number of ketones is 1. The first-order valence-corrected chi connectivity index (χ1v) is 13.3. The summed E-state index contributed by atoms with van der Waals surface area (Å²) in [5.41, 5.74) is 3.10. The molecule has 1 aliphatic heterocycles. The molecule has 0 saturated carbocycles. The van der Waals surface area contributed by atoms with Gasteiger partial charge in [-0.3, -0.25) is 4.79 Å². The van der Waals surface area contributed by atoms with E-state index in [0.29, 0.717) is 19.4 Å². The second-order valence-corrected chi connectivity index (χ2v) is 10.7. The highest BCUT2D eigenvalue weighted by Gasteiger charge is 2.50. The Kier molecular flexibility index (Phi) is 11.7. The lowest BCUT2D eigenvalue weighted by Crippen LogP contribution is -2.41. The molecule has 0 amide bonds. The third kappa shape index (κ3) is 10.3. The monoisotopic (exact) mass is 484 g/mol. The summed E-state index contributed by atoms with van der Waals surface area (Å²) in [6, 6.07) is 6.80. The Bertz CT molecular complexity index is 843. The van der Waals surface area contributed by atoms with Crippen molar-refractivity contribution < 1.29 is 23.6 Å². The van der Waals surface area contributed by atoms with Crippen LogP contribution in [0.2, 0.25) is 0 Å². The Morgan fingerprint density at radius 2 is 1.40 bits per heavy atom. The van der Waals surface area contributed by atoms with E-state index in [9.17, 15) is 9.59 Å². The van der Waals surface area contributed by atoms with E-state index in [-0.39, 0.29) is 30.1 Å². The highest BCUT2D eigenvalue weighted by atomic mass is 16.7. The molecule has 0 aliphatic carbocycles. The van der Waals surface area contributed by atoms with Crippen LogP contribution in [-0.4, -0.2) is 36.7 Å². The standard InChI is InChI=1S/C29H45BO5/c1-7-33-27(32)17-13-9-12-16-25-20-24(15-11-8-10-14-23(2)31)21-26(22-25)18-19-30-34-28(3,4)29(5,6)35-30/h18-22H,7-17H2,1-6H3/b19-18+. The Morgan fingerprint density at radius 1 is 0.857 bits per heavy atom. The van der Waals surface area contributed by atoms with Crippen LogP contribution in [0.3, 0.4) is 0 Å². The number of aryl methyl sites for hydroxylation is 2. The normalized spacial score (nSPS) is 16.7. The van der Waals surface area contributed by atoms with Crippen LogP contribution in [0.5, 0.6) is 0 Å². The quantitative estimate of drug-likeness (QED) is 0.158. The zero-order chi connectivity index (χ0) is 25.9. The van der Waals surface area contributed by atoms with E-state index in [0.717, 1.165) is 56.9 Å². The van der Waals surface area contributed by atoms with Gasteiger partial charge in [0.05, 0.1) is 17.8 Å². The fraction of sp³-hybridized carbons (Fsp3) is 0.655. The van der Waals surface area contributed by atoms with Crippen LogP contribution in [-0.2, 0) is 36.5 Å². The second-order valence-electron chi connectivity index (χ2n) is 10.7. The molecule has 1 aromatic rings. The van der Waals surface area contributed by atoms with Gasteiger partial charge in [0, 0.05) is 12.8 Å². The van der Waals surface area contributed by atoms with Crippen molar-refractivity contribution in [1.82, 2.24) is 0 Å². The summed E-state index contributed by atoms with van der Waals surface area (Å²) < 4.78 is 17.2. The van der Waals surface area contributed by atoms with Gasteiger partial charge in [-0.2, -0.15) is 0 Å². The molecule has 194 valence electrons. The molecular formula is C29H45BO5.